The van der Waals surface area contributed by atoms with Crippen LogP contribution in [0, 0.1) is 12.7 Å². The van der Waals surface area contributed by atoms with E-state index in [-0.39, 0.29) is 11.5 Å². The van der Waals surface area contributed by atoms with Crippen molar-refractivity contribution in [1.82, 2.24) is 9.78 Å². The number of nitrogens with zero attached hydrogens (tertiary/aromatic N) is 2. The average Bonchev–Trinajstić information content (AvgIpc) is 2.71. The van der Waals surface area contributed by atoms with Crippen molar-refractivity contribution in [2.75, 3.05) is 5.32 Å². The zero-order valence-corrected chi connectivity index (χ0v) is 15.0. The van der Waals surface area contributed by atoms with E-state index in [4.69, 9.17) is 0 Å². The van der Waals surface area contributed by atoms with Crippen molar-refractivity contribution in [3.8, 4) is 5.69 Å². The van der Waals surface area contributed by atoms with Gasteiger partial charge in [0, 0.05) is 5.69 Å². The number of para-hydroxylation sites is 1. The topological polar surface area (TPSA) is 64.0 Å². The van der Waals surface area contributed by atoms with Crippen LogP contribution in [0.25, 0.3) is 16.6 Å². The number of aryl methyl sites for hydroxylation is 1. The maximum absolute atomic E-state index is 13.3. The first-order chi connectivity index (χ1) is 13.5. The fourth-order valence-corrected chi connectivity index (χ4v) is 2.93. The number of amides is 1. The Bertz CT molecular complexity index is 1230. The van der Waals surface area contributed by atoms with Gasteiger partial charge in [0.05, 0.1) is 16.6 Å². The van der Waals surface area contributed by atoms with Crippen LogP contribution < -0.4 is 10.7 Å². The molecule has 0 atom stereocenters. The molecule has 1 aromatic heterocycles. The number of carbonyl (C=O) groups excluding carboxylic acids is 1. The molecule has 3 aromatic carbocycles. The summed E-state index contributed by atoms with van der Waals surface area (Å²) >= 11 is 0. The van der Waals surface area contributed by atoms with Gasteiger partial charge in [0.2, 0.25) is 5.43 Å². The maximum Gasteiger partial charge on any atom is 0.280 e. The second kappa shape index (κ2) is 7.08. The van der Waals surface area contributed by atoms with Crippen LogP contribution in [0.15, 0.2) is 77.6 Å². The number of nitrogens with one attached hydrogen (secondary N) is 1. The highest BCUT2D eigenvalue weighted by Gasteiger charge is 2.18. The Kier molecular flexibility index (Phi) is 4.45. The first kappa shape index (κ1) is 17.6. The second-order valence-corrected chi connectivity index (χ2v) is 6.40. The van der Waals surface area contributed by atoms with Crippen molar-refractivity contribution in [1.29, 1.82) is 0 Å². The highest BCUT2D eigenvalue weighted by molar-refractivity contribution is 6.04. The number of benzene rings is 3. The molecule has 0 saturated carbocycles. The van der Waals surface area contributed by atoms with Gasteiger partial charge >= 0.3 is 0 Å². The van der Waals surface area contributed by atoms with Gasteiger partial charge < -0.3 is 5.32 Å². The summed E-state index contributed by atoms with van der Waals surface area (Å²) in [6.45, 7) is 1.94. The minimum absolute atomic E-state index is 0.233. The lowest BCUT2D eigenvalue weighted by atomic mass is 10.1. The smallest absolute Gasteiger partial charge is 0.280 e. The van der Waals surface area contributed by atoms with Crippen molar-refractivity contribution in [3.63, 3.8) is 0 Å². The molecule has 1 N–H and O–H groups in total. The van der Waals surface area contributed by atoms with Crippen molar-refractivity contribution in [3.05, 3.63) is 100 Å². The molecule has 5 nitrogen and oxygen atoms in total. The van der Waals surface area contributed by atoms with Crippen LogP contribution in [0.4, 0.5) is 10.1 Å². The van der Waals surface area contributed by atoms with Gasteiger partial charge in [-0.15, -0.1) is 0 Å². The number of halogens is 1. The van der Waals surface area contributed by atoms with Crippen LogP contribution in [0.2, 0.25) is 0 Å². The van der Waals surface area contributed by atoms with Gasteiger partial charge in [-0.05, 0) is 55.5 Å². The third-order valence-electron chi connectivity index (χ3n) is 4.39. The third-order valence-corrected chi connectivity index (χ3v) is 4.39. The summed E-state index contributed by atoms with van der Waals surface area (Å²) in [5, 5.41) is 7.34. The summed E-state index contributed by atoms with van der Waals surface area (Å²) < 4.78 is 14.8. The molecule has 0 unspecified atom stereocenters. The number of anilines is 1. The zero-order chi connectivity index (χ0) is 19.7. The van der Waals surface area contributed by atoms with Gasteiger partial charge in [0.15, 0.2) is 5.69 Å². The predicted octanol–water partition coefficient (Wildman–Crippen LogP) is 4.09. The van der Waals surface area contributed by atoms with Crippen LogP contribution in [0.1, 0.15) is 16.1 Å². The van der Waals surface area contributed by atoms with Crippen molar-refractivity contribution in [2.24, 2.45) is 0 Å². The second-order valence-electron chi connectivity index (χ2n) is 6.40. The van der Waals surface area contributed by atoms with Crippen LogP contribution in [-0.2, 0) is 0 Å². The van der Waals surface area contributed by atoms with E-state index in [2.05, 4.69) is 10.4 Å². The summed E-state index contributed by atoms with van der Waals surface area (Å²) in [5.74, 6) is -0.984. The minimum Gasteiger partial charge on any atom is -0.320 e. The Hall–Kier alpha value is -3.80. The highest BCUT2D eigenvalue weighted by Crippen LogP contribution is 2.17. The SMILES string of the molecule is Cc1ccc(NC(=O)c2nn(-c3ccc(F)cc3)c3ccccc3c2=O)cc1. The summed E-state index contributed by atoms with van der Waals surface area (Å²) in [6.07, 6.45) is 0. The Labute approximate surface area is 160 Å². The van der Waals surface area contributed by atoms with E-state index in [1.54, 1.807) is 48.5 Å². The van der Waals surface area contributed by atoms with Gasteiger partial charge in [0.1, 0.15) is 5.82 Å². The van der Waals surface area contributed by atoms with Gasteiger partial charge in [-0.2, -0.15) is 5.10 Å². The van der Waals surface area contributed by atoms with E-state index >= 15 is 0 Å². The third kappa shape index (κ3) is 3.27. The molecule has 6 heteroatoms. The summed E-state index contributed by atoms with van der Waals surface area (Å²) in [5.41, 5.74) is 2.01. The van der Waals surface area contributed by atoms with Crippen LogP contribution in [0.5, 0.6) is 0 Å². The lowest BCUT2D eigenvalue weighted by Gasteiger charge is -2.12. The number of fused-ring (bicyclic) bond motifs is 1. The predicted molar refractivity (Wildman–Crippen MR) is 106 cm³/mol. The van der Waals surface area contributed by atoms with E-state index in [9.17, 15) is 14.0 Å². The number of hydrogen-bond donors (Lipinski definition) is 1. The van der Waals surface area contributed by atoms with E-state index < -0.39 is 11.3 Å². The lowest BCUT2D eigenvalue weighted by molar-refractivity contribution is 0.102. The van der Waals surface area contributed by atoms with Crippen LogP contribution >= 0.6 is 0 Å². The molecule has 0 aliphatic carbocycles. The minimum atomic E-state index is -0.601. The quantitative estimate of drug-likeness (QED) is 0.588. The largest absolute Gasteiger partial charge is 0.320 e. The fraction of sp³-hybridized carbons (Fsp3) is 0.0455. The molecular formula is C22H16FN3O2. The van der Waals surface area contributed by atoms with Crippen molar-refractivity contribution >= 4 is 22.5 Å². The van der Waals surface area contributed by atoms with Gasteiger partial charge in [0.25, 0.3) is 5.91 Å². The Morgan fingerprint density at radius 1 is 0.964 bits per heavy atom. The number of hydrogen-bond acceptors (Lipinski definition) is 3. The van der Waals surface area contributed by atoms with E-state index in [1.807, 2.05) is 19.1 Å². The molecule has 1 heterocycles. The Balaban J connectivity index is 1.85. The molecule has 0 fully saturated rings. The molecule has 0 bridgehead atoms. The Morgan fingerprint density at radius 3 is 2.36 bits per heavy atom. The maximum atomic E-state index is 13.3. The number of rotatable bonds is 3. The normalized spacial score (nSPS) is 10.8. The molecule has 0 aliphatic heterocycles. The molecule has 28 heavy (non-hydrogen) atoms. The Morgan fingerprint density at radius 2 is 1.64 bits per heavy atom. The van der Waals surface area contributed by atoms with E-state index in [1.165, 1.54) is 16.8 Å². The van der Waals surface area contributed by atoms with Gasteiger partial charge in [-0.25, -0.2) is 9.07 Å². The average molecular weight is 373 g/mol. The van der Waals surface area contributed by atoms with Crippen molar-refractivity contribution < 1.29 is 9.18 Å². The van der Waals surface area contributed by atoms with Crippen LogP contribution in [0.3, 0.4) is 0 Å². The first-order valence-electron chi connectivity index (χ1n) is 8.69. The fourth-order valence-electron chi connectivity index (χ4n) is 2.93. The summed E-state index contributed by atoms with van der Waals surface area (Å²) in [4.78, 5) is 25.6. The van der Waals surface area contributed by atoms with Crippen LogP contribution in [-0.4, -0.2) is 15.7 Å². The van der Waals surface area contributed by atoms with Gasteiger partial charge in [-0.1, -0.05) is 29.8 Å². The first-order valence-corrected chi connectivity index (χ1v) is 8.69. The molecule has 4 aromatic rings. The summed E-state index contributed by atoms with van der Waals surface area (Å²) in [7, 11) is 0. The van der Waals surface area contributed by atoms with Gasteiger partial charge in [-0.3, -0.25) is 9.59 Å². The van der Waals surface area contributed by atoms with Crippen molar-refractivity contribution in [2.45, 2.75) is 6.92 Å². The zero-order valence-electron chi connectivity index (χ0n) is 15.0. The summed E-state index contributed by atoms with van der Waals surface area (Å²) in [6, 6.07) is 19.8. The molecule has 1 amide bonds. The molecule has 138 valence electrons. The standard InChI is InChI=1S/C22H16FN3O2/c1-14-6-10-16(11-7-14)24-22(28)20-21(27)18-4-2-3-5-19(18)26(25-20)17-12-8-15(23)9-13-17/h2-13H,1H3,(H,24,28). The molecular weight excluding hydrogens is 357 g/mol. The lowest BCUT2D eigenvalue weighted by Crippen LogP contribution is -2.26. The highest BCUT2D eigenvalue weighted by atomic mass is 19.1. The molecule has 0 radical (unpaired) electrons. The number of carbonyl (C=O) groups is 1. The monoisotopic (exact) mass is 373 g/mol. The van der Waals surface area contributed by atoms with E-state index in [0.29, 0.717) is 22.3 Å². The molecule has 0 saturated heterocycles. The molecule has 0 aliphatic rings. The molecule has 0 spiro atoms. The number of aromatic nitrogens is 2. The molecule has 4 rings (SSSR count). The van der Waals surface area contributed by atoms with E-state index in [0.717, 1.165) is 5.56 Å².